The number of para-hydroxylation sites is 2. The van der Waals surface area contributed by atoms with E-state index in [2.05, 4.69) is 5.32 Å². The van der Waals surface area contributed by atoms with Gasteiger partial charge in [-0.3, -0.25) is 4.79 Å². The number of rotatable bonds is 9. The highest BCUT2D eigenvalue weighted by atomic mass is 16.5. The number of ether oxygens (including phenoxy) is 4. The Hall–Kier alpha value is -2.89. The summed E-state index contributed by atoms with van der Waals surface area (Å²) < 4.78 is 22.0. The zero-order valence-corrected chi connectivity index (χ0v) is 16.4. The Morgan fingerprint density at radius 2 is 1.52 bits per heavy atom. The smallest absolute Gasteiger partial charge is 0.261 e. The van der Waals surface area contributed by atoms with Crippen LogP contribution in [0.15, 0.2) is 42.5 Å². The maximum atomic E-state index is 12.4. The Morgan fingerprint density at radius 1 is 0.889 bits per heavy atom. The molecule has 1 amide bonds. The van der Waals surface area contributed by atoms with Crippen molar-refractivity contribution in [1.29, 1.82) is 0 Å². The van der Waals surface area contributed by atoms with Crippen molar-refractivity contribution in [3.8, 4) is 23.0 Å². The fourth-order valence-corrected chi connectivity index (χ4v) is 2.47. The van der Waals surface area contributed by atoms with Crippen molar-refractivity contribution in [2.24, 2.45) is 0 Å². The summed E-state index contributed by atoms with van der Waals surface area (Å²) in [5.41, 5.74) is 0.904. The van der Waals surface area contributed by atoms with Crippen LogP contribution in [-0.4, -0.2) is 32.3 Å². The highest BCUT2D eigenvalue weighted by Crippen LogP contribution is 2.29. The van der Waals surface area contributed by atoms with E-state index < -0.39 is 6.10 Å². The molecule has 0 unspecified atom stereocenters. The van der Waals surface area contributed by atoms with Gasteiger partial charge in [0.2, 0.25) is 0 Å². The molecule has 2 aromatic carbocycles. The fraction of sp³-hybridized carbons (Fsp3) is 0.381. The number of nitrogens with one attached hydrogen (secondary N) is 1. The van der Waals surface area contributed by atoms with Gasteiger partial charge in [0.15, 0.2) is 29.1 Å². The van der Waals surface area contributed by atoms with Crippen LogP contribution in [0.2, 0.25) is 0 Å². The molecule has 0 spiro atoms. The van der Waals surface area contributed by atoms with Gasteiger partial charge in [-0.25, -0.2) is 0 Å². The standard InChI is InChI=1S/C21H27NO5/c1-14(2)26-19-11-10-16(12-20(19)25-5)13-22-21(23)15(3)27-18-9-7-6-8-17(18)24-4/h6-12,14-15H,13H2,1-5H3,(H,22,23)/t15-/m0/s1. The van der Waals surface area contributed by atoms with Crippen LogP contribution in [0, 0.1) is 0 Å². The molecule has 0 radical (unpaired) electrons. The lowest BCUT2D eigenvalue weighted by Crippen LogP contribution is -2.36. The zero-order chi connectivity index (χ0) is 19.8. The first-order valence-corrected chi connectivity index (χ1v) is 8.85. The van der Waals surface area contributed by atoms with Gasteiger partial charge in [-0.15, -0.1) is 0 Å². The Labute approximate surface area is 160 Å². The van der Waals surface area contributed by atoms with Gasteiger partial charge in [-0.05, 0) is 50.6 Å². The van der Waals surface area contributed by atoms with Crippen LogP contribution < -0.4 is 24.3 Å². The second-order valence-corrected chi connectivity index (χ2v) is 6.28. The Kier molecular flexibility index (Phi) is 7.34. The lowest BCUT2D eigenvalue weighted by Gasteiger charge is -2.17. The highest BCUT2D eigenvalue weighted by Gasteiger charge is 2.17. The summed E-state index contributed by atoms with van der Waals surface area (Å²) in [5.74, 6) is 2.20. The predicted octanol–water partition coefficient (Wildman–Crippen LogP) is 3.57. The van der Waals surface area contributed by atoms with E-state index in [9.17, 15) is 4.79 Å². The first kappa shape index (κ1) is 20.4. The number of hydrogen-bond donors (Lipinski definition) is 1. The molecule has 0 fully saturated rings. The van der Waals surface area contributed by atoms with Crippen LogP contribution in [0.4, 0.5) is 0 Å². The van der Waals surface area contributed by atoms with Crippen LogP contribution >= 0.6 is 0 Å². The highest BCUT2D eigenvalue weighted by molar-refractivity contribution is 5.80. The minimum atomic E-state index is -0.660. The van der Waals surface area contributed by atoms with E-state index in [0.717, 1.165) is 5.56 Å². The molecule has 2 aromatic rings. The molecule has 1 atom stereocenters. The van der Waals surface area contributed by atoms with E-state index >= 15 is 0 Å². The summed E-state index contributed by atoms with van der Waals surface area (Å²) in [6.07, 6.45) is -0.607. The molecule has 146 valence electrons. The van der Waals surface area contributed by atoms with Crippen molar-refractivity contribution in [1.82, 2.24) is 5.32 Å². The second-order valence-electron chi connectivity index (χ2n) is 6.28. The average Bonchev–Trinajstić information content (AvgIpc) is 2.66. The van der Waals surface area contributed by atoms with Crippen LogP contribution in [0.1, 0.15) is 26.3 Å². The van der Waals surface area contributed by atoms with Gasteiger partial charge in [-0.1, -0.05) is 18.2 Å². The molecular weight excluding hydrogens is 346 g/mol. The van der Waals surface area contributed by atoms with Gasteiger partial charge in [0.1, 0.15) is 0 Å². The lowest BCUT2D eigenvalue weighted by atomic mass is 10.2. The third-order valence-corrected chi connectivity index (χ3v) is 3.80. The largest absolute Gasteiger partial charge is 0.493 e. The molecule has 0 aliphatic rings. The Bertz CT molecular complexity index is 760. The molecule has 6 nitrogen and oxygen atoms in total. The van der Waals surface area contributed by atoms with Crippen molar-refractivity contribution in [2.75, 3.05) is 14.2 Å². The maximum absolute atomic E-state index is 12.4. The maximum Gasteiger partial charge on any atom is 0.261 e. The normalized spacial score (nSPS) is 11.6. The average molecular weight is 373 g/mol. The second kappa shape index (κ2) is 9.71. The molecule has 0 heterocycles. The summed E-state index contributed by atoms with van der Waals surface area (Å²) in [7, 11) is 3.15. The third-order valence-electron chi connectivity index (χ3n) is 3.80. The van der Waals surface area contributed by atoms with Crippen molar-refractivity contribution in [3.05, 3.63) is 48.0 Å². The zero-order valence-electron chi connectivity index (χ0n) is 16.4. The van der Waals surface area contributed by atoms with Gasteiger partial charge in [0.05, 0.1) is 20.3 Å². The van der Waals surface area contributed by atoms with E-state index in [0.29, 0.717) is 29.5 Å². The number of amides is 1. The van der Waals surface area contributed by atoms with Crippen molar-refractivity contribution in [3.63, 3.8) is 0 Å². The van der Waals surface area contributed by atoms with E-state index in [4.69, 9.17) is 18.9 Å². The van der Waals surface area contributed by atoms with Crippen molar-refractivity contribution in [2.45, 2.75) is 39.5 Å². The predicted molar refractivity (Wildman–Crippen MR) is 104 cm³/mol. The van der Waals surface area contributed by atoms with Crippen LogP contribution in [0.25, 0.3) is 0 Å². The summed E-state index contributed by atoms with van der Waals surface area (Å²) in [6.45, 7) is 5.96. The fourth-order valence-electron chi connectivity index (χ4n) is 2.47. The Balaban J connectivity index is 1.96. The van der Waals surface area contributed by atoms with Gasteiger partial charge < -0.3 is 24.3 Å². The summed E-state index contributed by atoms with van der Waals surface area (Å²) >= 11 is 0. The van der Waals surface area contributed by atoms with E-state index in [1.54, 1.807) is 33.3 Å². The molecule has 6 heteroatoms. The van der Waals surface area contributed by atoms with Gasteiger partial charge in [0, 0.05) is 6.54 Å². The molecule has 0 bridgehead atoms. The molecule has 0 saturated carbocycles. The molecule has 0 aliphatic carbocycles. The number of methoxy groups -OCH3 is 2. The minimum Gasteiger partial charge on any atom is -0.493 e. The third kappa shape index (κ3) is 5.81. The van der Waals surface area contributed by atoms with Crippen LogP contribution in [0.3, 0.4) is 0 Å². The van der Waals surface area contributed by atoms with Crippen LogP contribution in [0.5, 0.6) is 23.0 Å². The first-order chi connectivity index (χ1) is 12.9. The molecule has 2 rings (SSSR count). The first-order valence-electron chi connectivity index (χ1n) is 8.85. The summed E-state index contributed by atoms with van der Waals surface area (Å²) in [5, 5.41) is 2.87. The molecule has 27 heavy (non-hydrogen) atoms. The van der Waals surface area contributed by atoms with Gasteiger partial charge in [-0.2, -0.15) is 0 Å². The topological polar surface area (TPSA) is 66.0 Å². The van der Waals surface area contributed by atoms with Gasteiger partial charge >= 0.3 is 0 Å². The van der Waals surface area contributed by atoms with Crippen LogP contribution in [-0.2, 0) is 11.3 Å². The van der Waals surface area contributed by atoms with Crippen molar-refractivity contribution < 1.29 is 23.7 Å². The molecule has 0 saturated heterocycles. The van der Waals surface area contributed by atoms with E-state index in [1.165, 1.54) is 0 Å². The van der Waals surface area contributed by atoms with Crippen molar-refractivity contribution >= 4 is 5.91 Å². The Morgan fingerprint density at radius 3 is 2.15 bits per heavy atom. The van der Waals surface area contributed by atoms with E-state index in [1.807, 2.05) is 44.2 Å². The minimum absolute atomic E-state index is 0.0532. The van der Waals surface area contributed by atoms with E-state index in [-0.39, 0.29) is 12.0 Å². The number of carbonyl (C=O) groups is 1. The SMILES string of the molecule is COc1cc(CNC(=O)[C@H](C)Oc2ccccc2OC)ccc1OC(C)C. The quantitative estimate of drug-likeness (QED) is 0.728. The molecule has 0 aliphatic heterocycles. The lowest BCUT2D eigenvalue weighted by molar-refractivity contribution is -0.127. The summed E-state index contributed by atoms with van der Waals surface area (Å²) in [6, 6.07) is 12.8. The molecule has 1 N–H and O–H groups in total. The van der Waals surface area contributed by atoms with Gasteiger partial charge in [0.25, 0.3) is 5.91 Å². The number of benzene rings is 2. The monoisotopic (exact) mass is 373 g/mol. The molecular formula is C21H27NO5. The molecule has 0 aromatic heterocycles. The number of carbonyl (C=O) groups excluding carboxylic acids is 1. The summed E-state index contributed by atoms with van der Waals surface area (Å²) in [4.78, 5) is 12.4. The number of hydrogen-bond acceptors (Lipinski definition) is 5.